The maximum Gasteiger partial charge on any atom is 0.166 e. The van der Waals surface area contributed by atoms with E-state index in [-0.39, 0.29) is 5.78 Å². The molecule has 2 rings (SSSR count). The van der Waals surface area contributed by atoms with Gasteiger partial charge in [-0.25, -0.2) is 0 Å². The summed E-state index contributed by atoms with van der Waals surface area (Å²) in [7, 11) is 1.76. The largest absolute Gasteiger partial charge is 0.401 e. The van der Waals surface area contributed by atoms with E-state index in [1.54, 1.807) is 7.05 Å². The Morgan fingerprint density at radius 3 is 2.73 bits per heavy atom. The summed E-state index contributed by atoms with van der Waals surface area (Å²) in [6, 6.07) is 0. The van der Waals surface area contributed by atoms with Gasteiger partial charge >= 0.3 is 0 Å². The molecular weight excluding hydrogens is 188 g/mol. The summed E-state index contributed by atoms with van der Waals surface area (Å²) in [6.45, 7) is 0. The number of rotatable bonds is 3. The standard InChI is InChI=1S/C12H18N2O/c1-14-10(7-8-5-6-8)12-9(13)3-2-4-11(12)15/h8H,2-7,13H2,1H3. The molecule has 0 saturated heterocycles. The average Bonchev–Trinajstić information content (AvgIpc) is 2.99. The van der Waals surface area contributed by atoms with Gasteiger partial charge in [-0.3, -0.25) is 9.79 Å². The first kappa shape index (κ1) is 10.4. The van der Waals surface area contributed by atoms with Crippen molar-refractivity contribution in [3.8, 4) is 0 Å². The van der Waals surface area contributed by atoms with Crippen molar-refractivity contribution in [2.75, 3.05) is 7.05 Å². The Hall–Kier alpha value is -1.12. The highest BCUT2D eigenvalue weighted by Gasteiger charge is 2.28. The molecule has 0 aromatic carbocycles. The lowest BCUT2D eigenvalue weighted by atomic mass is 9.90. The number of carbonyl (C=O) groups excluding carboxylic acids is 1. The Kier molecular flexibility index (Phi) is 2.89. The number of carbonyl (C=O) groups is 1. The second kappa shape index (κ2) is 4.17. The maximum absolute atomic E-state index is 11.8. The minimum Gasteiger partial charge on any atom is -0.401 e. The molecule has 3 nitrogen and oxygen atoms in total. The van der Waals surface area contributed by atoms with Gasteiger partial charge < -0.3 is 5.73 Å². The first-order chi connectivity index (χ1) is 7.22. The van der Waals surface area contributed by atoms with Gasteiger partial charge in [0, 0.05) is 24.9 Å². The number of aliphatic imine (C=N–C) groups is 1. The summed E-state index contributed by atoms with van der Waals surface area (Å²) >= 11 is 0. The Morgan fingerprint density at radius 1 is 1.47 bits per heavy atom. The fraction of sp³-hybridized carbons (Fsp3) is 0.667. The summed E-state index contributed by atoms with van der Waals surface area (Å²) in [4.78, 5) is 16.0. The predicted molar refractivity (Wildman–Crippen MR) is 60.8 cm³/mol. The van der Waals surface area contributed by atoms with Crippen molar-refractivity contribution in [2.45, 2.75) is 38.5 Å². The number of allylic oxidation sites excluding steroid dienone is 2. The van der Waals surface area contributed by atoms with Gasteiger partial charge in [0.25, 0.3) is 0 Å². The Bertz CT molecular complexity index is 338. The van der Waals surface area contributed by atoms with E-state index in [9.17, 15) is 4.79 Å². The molecule has 0 radical (unpaired) electrons. The lowest BCUT2D eigenvalue weighted by Gasteiger charge is -2.17. The topological polar surface area (TPSA) is 55.4 Å². The first-order valence-electron chi connectivity index (χ1n) is 5.70. The lowest BCUT2D eigenvalue weighted by molar-refractivity contribution is -0.115. The first-order valence-corrected chi connectivity index (χ1v) is 5.70. The summed E-state index contributed by atoms with van der Waals surface area (Å²) < 4.78 is 0. The van der Waals surface area contributed by atoms with Crippen molar-refractivity contribution >= 4 is 11.5 Å². The Balaban J connectivity index is 2.20. The lowest BCUT2D eigenvalue weighted by Crippen LogP contribution is -2.23. The second-order valence-electron chi connectivity index (χ2n) is 4.49. The molecule has 3 heteroatoms. The van der Waals surface area contributed by atoms with Gasteiger partial charge in [-0.1, -0.05) is 0 Å². The van der Waals surface area contributed by atoms with Gasteiger partial charge in [0.2, 0.25) is 0 Å². The fourth-order valence-corrected chi connectivity index (χ4v) is 2.12. The van der Waals surface area contributed by atoms with Gasteiger partial charge in [-0.05, 0) is 38.0 Å². The zero-order valence-electron chi connectivity index (χ0n) is 9.25. The van der Waals surface area contributed by atoms with Gasteiger partial charge in [-0.15, -0.1) is 0 Å². The summed E-state index contributed by atoms with van der Waals surface area (Å²) in [5, 5.41) is 0. The predicted octanol–water partition coefficient (Wildman–Crippen LogP) is 1.82. The number of nitrogens with zero attached hydrogens (tertiary/aromatic N) is 1. The van der Waals surface area contributed by atoms with Crippen LogP contribution in [0.5, 0.6) is 0 Å². The van der Waals surface area contributed by atoms with Gasteiger partial charge in [0.15, 0.2) is 5.78 Å². The smallest absolute Gasteiger partial charge is 0.166 e. The molecule has 0 atom stereocenters. The number of ketones is 1. The third-order valence-electron chi connectivity index (χ3n) is 3.19. The number of nitrogens with two attached hydrogens (primary N) is 1. The van der Waals surface area contributed by atoms with Crippen molar-refractivity contribution in [2.24, 2.45) is 16.6 Å². The molecule has 0 unspecified atom stereocenters. The van der Waals surface area contributed by atoms with Crippen LogP contribution in [0.3, 0.4) is 0 Å². The molecule has 1 saturated carbocycles. The van der Waals surface area contributed by atoms with Crippen LogP contribution < -0.4 is 5.73 Å². The van der Waals surface area contributed by atoms with E-state index in [0.29, 0.717) is 6.42 Å². The quantitative estimate of drug-likeness (QED) is 0.716. The molecule has 2 aliphatic rings. The molecule has 0 aromatic heterocycles. The van der Waals surface area contributed by atoms with E-state index in [1.807, 2.05) is 0 Å². The third-order valence-corrected chi connectivity index (χ3v) is 3.19. The third kappa shape index (κ3) is 2.28. The van der Waals surface area contributed by atoms with Crippen molar-refractivity contribution in [3.63, 3.8) is 0 Å². The number of Topliss-reactive ketones (excluding diaryl/α,β-unsaturated/α-hetero) is 1. The fourth-order valence-electron chi connectivity index (χ4n) is 2.12. The highest BCUT2D eigenvalue weighted by atomic mass is 16.1. The summed E-state index contributed by atoms with van der Waals surface area (Å²) in [5.41, 5.74) is 8.37. The molecule has 2 N–H and O–H groups in total. The van der Waals surface area contributed by atoms with Crippen molar-refractivity contribution in [1.82, 2.24) is 0 Å². The molecule has 0 aliphatic heterocycles. The molecular formula is C12H18N2O. The second-order valence-corrected chi connectivity index (χ2v) is 4.49. The Labute approximate surface area is 90.4 Å². The SMILES string of the molecule is CN=C(CC1CC1)C1=C(N)CCCC1=O. The Morgan fingerprint density at radius 2 is 2.20 bits per heavy atom. The van der Waals surface area contributed by atoms with E-state index in [4.69, 9.17) is 5.73 Å². The van der Waals surface area contributed by atoms with Crippen LogP contribution in [0.4, 0.5) is 0 Å². The highest BCUT2D eigenvalue weighted by molar-refractivity contribution is 6.23. The minimum absolute atomic E-state index is 0.194. The minimum atomic E-state index is 0.194. The average molecular weight is 206 g/mol. The summed E-state index contributed by atoms with van der Waals surface area (Å²) in [6.07, 6.45) is 5.89. The molecule has 15 heavy (non-hydrogen) atoms. The maximum atomic E-state index is 11.8. The van der Waals surface area contributed by atoms with Gasteiger partial charge in [-0.2, -0.15) is 0 Å². The molecule has 0 bridgehead atoms. The monoisotopic (exact) mass is 206 g/mol. The zero-order chi connectivity index (χ0) is 10.8. The number of hydrogen-bond acceptors (Lipinski definition) is 3. The van der Waals surface area contributed by atoms with Crippen LogP contribution in [0.25, 0.3) is 0 Å². The van der Waals surface area contributed by atoms with Crippen molar-refractivity contribution in [3.05, 3.63) is 11.3 Å². The van der Waals surface area contributed by atoms with Crippen LogP contribution in [0, 0.1) is 5.92 Å². The molecule has 0 amide bonds. The van der Waals surface area contributed by atoms with Gasteiger partial charge in [0.05, 0.1) is 5.57 Å². The molecule has 82 valence electrons. The van der Waals surface area contributed by atoms with Crippen LogP contribution in [0.1, 0.15) is 38.5 Å². The molecule has 2 aliphatic carbocycles. The van der Waals surface area contributed by atoms with Crippen LogP contribution in [0.2, 0.25) is 0 Å². The van der Waals surface area contributed by atoms with Crippen LogP contribution in [-0.4, -0.2) is 18.5 Å². The molecule has 0 spiro atoms. The van der Waals surface area contributed by atoms with E-state index in [1.165, 1.54) is 12.8 Å². The summed E-state index contributed by atoms with van der Waals surface area (Å²) in [5.74, 6) is 0.943. The van der Waals surface area contributed by atoms with Crippen LogP contribution in [0.15, 0.2) is 16.3 Å². The van der Waals surface area contributed by atoms with E-state index in [0.717, 1.165) is 42.2 Å². The van der Waals surface area contributed by atoms with E-state index in [2.05, 4.69) is 4.99 Å². The van der Waals surface area contributed by atoms with E-state index >= 15 is 0 Å². The molecule has 1 fully saturated rings. The highest BCUT2D eigenvalue weighted by Crippen LogP contribution is 2.35. The zero-order valence-corrected chi connectivity index (χ0v) is 9.25. The van der Waals surface area contributed by atoms with Crippen molar-refractivity contribution in [1.29, 1.82) is 0 Å². The number of hydrogen-bond donors (Lipinski definition) is 1. The van der Waals surface area contributed by atoms with Crippen LogP contribution in [-0.2, 0) is 4.79 Å². The molecule has 0 aromatic rings. The van der Waals surface area contributed by atoms with Crippen LogP contribution >= 0.6 is 0 Å². The van der Waals surface area contributed by atoms with Crippen molar-refractivity contribution < 1.29 is 4.79 Å². The van der Waals surface area contributed by atoms with E-state index < -0.39 is 0 Å². The normalized spacial score (nSPS) is 23.5. The molecule has 0 heterocycles. The van der Waals surface area contributed by atoms with Gasteiger partial charge in [0.1, 0.15) is 0 Å².